The predicted octanol–water partition coefficient (Wildman–Crippen LogP) is 3.96. The van der Waals surface area contributed by atoms with E-state index in [4.69, 9.17) is 0 Å². The number of carbonyl (C=O) groups excluding carboxylic acids is 1. The number of fused-ring (bicyclic) bond motifs is 1. The molecule has 6 rings (SSSR count). The molecule has 5 heterocycles. The van der Waals surface area contributed by atoms with Crippen molar-refractivity contribution in [1.29, 1.82) is 0 Å². The van der Waals surface area contributed by atoms with Crippen LogP contribution in [0, 0.1) is 18.6 Å². The highest BCUT2D eigenvalue weighted by molar-refractivity contribution is 7.06. The van der Waals surface area contributed by atoms with Crippen molar-refractivity contribution in [3.05, 3.63) is 72.6 Å². The van der Waals surface area contributed by atoms with Gasteiger partial charge in [-0.05, 0) is 31.9 Å². The van der Waals surface area contributed by atoms with Gasteiger partial charge >= 0.3 is 0 Å². The summed E-state index contributed by atoms with van der Waals surface area (Å²) in [5, 5.41) is 11.0. The van der Waals surface area contributed by atoms with Gasteiger partial charge in [0.05, 0.1) is 29.5 Å². The van der Waals surface area contributed by atoms with Crippen LogP contribution in [-0.4, -0.2) is 48.0 Å². The molecule has 13 heteroatoms. The Kier molecular flexibility index (Phi) is 6.75. The number of likely N-dealkylation sites (tertiary alicyclic amines) is 1. The predicted molar refractivity (Wildman–Crippen MR) is 143 cm³/mol. The van der Waals surface area contributed by atoms with Gasteiger partial charge in [-0.15, -0.1) is 3.96 Å². The lowest BCUT2D eigenvalue weighted by Gasteiger charge is -2.08. The molecule has 39 heavy (non-hydrogen) atoms. The Morgan fingerprint density at radius 2 is 2.00 bits per heavy atom. The average Bonchev–Trinajstić information content (AvgIpc) is 3.71. The first-order chi connectivity index (χ1) is 18.9. The minimum atomic E-state index is -1.10. The number of rotatable bonds is 8. The van der Waals surface area contributed by atoms with Crippen LogP contribution in [0.25, 0.3) is 16.9 Å². The Morgan fingerprint density at radius 3 is 2.85 bits per heavy atom. The first kappa shape index (κ1) is 25.1. The molecule has 0 bridgehead atoms. The van der Waals surface area contributed by atoms with E-state index in [-0.39, 0.29) is 12.2 Å². The van der Waals surface area contributed by atoms with Gasteiger partial charge in [0.25, 0.3) is 0 Å². The summed E-state index contributed by atoms with van der Waals surface area (Å²) in [6.07, 6.45) is 11.5. The summed E-state index contributed by atoms with van der Waals surface area (Å²) in [6, 6.07) is 5.66. The first-order valence-electron chi connectivity index (χ1n) is 12.5. The van der Waals surface area contributed by atoms with Crippen molar-refractivity contribution < 1.29 is 17.5 Å². The molecule has 5 aromatic rings. The average molecular weight is 551 g/mol. The van der Waals surface area contributed by atoms with Crippen LogP contribution >= 0.6 is 11.5 Å². The normalized spacial score (nSPS) is 13.8. The summed E-state index contributed by atoms with van der Waals surface area (Å²) in [6.45, 7) is 4.90. The van der Waals surface area contributed by atoms with E-state index in [0.29, 0.717) is 11.5 Å². The fourth-order valence-corrected chi connectivity index (χ4v) is 5.50. The second kappa shape index (κ2) is 10.5. The highest BCUT2D eigenvalue weighted by atomic mass is 32.1. The van der Waals surface area contributed by atoms with Crippen LogP contribution in [0.5, 0.6) is 0 Å². The third-order valence-corrected chi connectivity index (χ3v) is 7.37. The summed E-state index contributed by atoms with van der Waals surface area (Å²) in [4.78, 5) is 24.1. The third-order valence-electron chi connectivity index (χ3n) is 6.46. The molecule has 0 unspecified atom stereocenters. The molecular weight excluding hydrogens is 524 g/mol. The van der Waals surface area contributed by atoms with Crippen molar-refractivity contribution in [3.63, 3.8) is 0 Å². The minimum Gasteiger partial charge on any atom is -0.324 e. The lowest BCUT2D eigenvalue weighted by molar-refractivity contribution is -0.650. The molecule has 0 aliphatic carbocycles. The first-order valence-corrected chi connectivity index (χ1v) is 13.3. The van der Waals surface area contributed by atoms with E-state index in [1.807, 2.05) is 23.6 Å². The Bertz CT molecular complexity index is 1650. The quantitative estimate of drug-likeness (QED) is 0.284. The van der Waals surface area contributed by atoms with Gasteiger partial charge in [-0.25, -0.2) is 23.6 Å². The van der Waals surface area contributed by atoms with Crippen molar-refractivity contribution in [2.24, 2.45) is 0 Å². The summed E-state index contributed by atoms with van der Waals surface area (Å²) in [5.41, 5.74) is 2.75. The number of anilines is 3. The molecular formula is C26H26F2N9OS+. The van der Waals surface area contributed by atoms with E-state index in [1.54, 1.807) is 30.1 Å². The third kappa shape index (κ3) is 5.36. The SMILES string of the molecule is Cc1cn2c(-c3cnn(CC(=O)Nc4cccc(F)c4F)c3)cnc2c(Nc2cc[n+](CN3CCCC3)s2)n1. The lowest BCUT2D eigenvalue weighted by atomic mass is 10.3. The Morgan fingerprint density at radius 1 is 1.15 bits per heavy atom. The summed E-state index contributed by atoms with van der Waals surface area (Å²) < 4.78 is 32.9. The number of nitrogens with one attached hydrogen (secondary N) is 2. The van der Waals surface area contributed by atoms with Crippen molar-refractivity contribution in [2.45, 2.75) is 33.0 Å². The number of hydrogen-bond acceptors (Lipinski definition) is 7. The highest BCUT2D eigenvalue weighted by Gasteiger charge is 2.19. The standard InChI is InChI=1S/C26H25F2N9OS/c1-17-13-37-21(18-11-30-35(14-18)15-22(38)32-20-6-4-5-19(27)24(20)28)12-29-26(37)25(31-17)33-23-7-10-36(39-23)16-34-8-2-3-9-34/h4-7,10-14H,2-3,8-9,15-16H2,1H3,(H,32,38)/p+1. The van der Waals surface area contributed by atoms with Crippen LogP contribution in [0.15, 0.2) is 55.2 Å². The maximum Gasteiger partial charge on any atom is 0.246 e. The van der Waals surface area contributed by atoms with Crippen molar-refractivity contribution in [2.75, 3.05) is 23.7 Å². The molecule has 0 radical (unpaired) electrons. The fraction of sp³-hybridized carbons (Fsp3) is 0.269. The molecule has 1 aliphatic rings. The number of imidazole rings is 1. The van der Waals surface area contributed by atoms with Gasteiger partial charge in [0.1, 0.15) is 6.54 Å². The van der Waals surface area contributed by atoms with Gasteiger partial charge in [0, 0.05) is 37.1 Å². The summed E-state index contributed by atoms with van der Waals surface area (Å²) >= 11 is 1.63. The maximum atomic E-state index is 13.9. The van der Waals surface area contributed by atoms with E-state index in [9.17, 15) is 13.6 Å². The molecule has 0 saturated carbocycles. The molecule has 0 spiro atoms. The van der Waals surface area contributed by atoms with E-state index in [1.165, 1.54) is 29.7 Å². The number of aryl methyl sites for hydroxylation is 1. The second-order valence-corrected chi connectivity index (χ2v) is 10.5. The van der Waals surface area contributed by atoms with Gasteiger partial charge < -0.3 is 10.6 Å². The zero-order chi connectivity index (χ0) is 26.9. The topological polar surface area (TPSA) is 96.3 Å². The van der Waals surface area contributed by atoms with Gasteiger partial charge in [0.15, 0.2) is 45.8 Å². The number of aromatic nitrogens is 6. The molecule has 2 N–H and O–H groups in total. The molecule has 1 aliphatic heterocycles. The van der Waals surface area contributed by atoms with Crippen LogP contribution in [0.3, 0.4) is 0 Å². The smallest absolute Gasteiger partial charge is 0.246 e. The fourth-order valence-electron chi connectivity index (χ4n) is 4.64. The van der Waals surface area contributed by atoms with Crippen molar-refractivity contribution in [1.82, 2.24) is 29.0 Å². The molecule has 1 fully saturated rings. The number of nitrogens with zero attached hydrogens (tertiary/aromatic N) is 7. The largest absolute Gasteiger partial charge is 0.324 e. The van der Waals surface area contributed by atoms with Crippen LogP contribution < -0.4 is 14.6 Å². The van der Waals surface area contributed by atoms with Crippen LogP contribution in [0.4, 0.5) is 25.3 Å². The van der Waals surface area contributed by atoms with Crippen LogP contribution in [0.1, 0.15) is 18.5 Å². The minimum absolute atomic E-state index is 0.171. The molecule has 1 amide bonds. The second-order valence-electron chi connectivity index (χ2n) is 9.42. The number of halogens is 2. The molecule has 0 atom stereocenters. The Labute approximate surface area is 226 Å². The van der Waals surface area contributed by atoms with Gasteiger partial charge in [-0.3, -0.25) is 13.9 Å². The Balaban J connectivity index is 1.19. The van der Waals surface area contributed by atoms with Crippen LogP contribution in [-0.2, 0) is 18.0 Å². The molecule has 1 saturated heterocycles. The number of hydrogen-bond donors (Lipinski definition) is 2. The van der Waals surface area contributed by atoms with Gasteiger partial charge in [-0.1, -0.05) is 6.07 Å². The monoisotopic (exact) mass is 550 g/mol. The van der Waals surface area contributed by atoms with E-state index in [2.05, 4.69) is 40.8 Å². The Hall–Kier alpha value is -4.23. The number of amides is 1. The summed E-state index contributed by atoms with van der Waals surface area (Å²) in [5.74, 6) is -2.02. The van der Waals surface area contributed by atoms with E-state index in [0.717, 1.165) is 47.8 Å². The van der Waals surface area contributed by atoms with E-state index >= 15 is 0 Å². The van der Waals surface area contributed by atoms with E-state index < -0.39 is 17.5 Å². The molecule has 10 nitrogen and oxygen atoms in total. The number of benzene rings is 1. The van der Waals surface area contributed by atoms with Crippen LogP contribution in [0.2, 0.25) is 0 Å². The number of carbonyl (C=O) groups is 1. The van der Waals surface area contributed by atoms with Gasteiger partial charge in [0.2, 0.25) is 12.6 Å². The lowest BCUT2D eigenvalue weighted by Crippen LogP contribution is -2.38. The van der Waals surface area contributed by atoms with Crippen molar-refractivity contribution in [3.8, 4) is 11.3 Å². The zero-order valence-corrected chi connectivity index (χ0v) is 22.0. The molecule has 4 aromatic heterocycles. The maximum absolute atomic E-state index is 13.9. The zero-order valence-electron chi connectivity index (χ0n) is 21.1. The summed E-state index contributed by atoms with van der Waals surface area (Å²) in [7, 11) is 0. The molecule has 1 aromatic carbocycles. The molecule has 200 valence electrons. The van der Waals surface area contributed by atoms with Crippen molar-refractivity contribution >= 4 is 39.6 Å². The highest BCUT2D eigenvalue weighted by Crippen LogP contribution is 2.27. The van der Waals surface area contributed by atoms with Gasteiger partial charge in [-0.2, -0.15) is 5.10 Å².